The maximum atomic E-state index is 12.7. The van der Waals surface area contributed by atoms with Crippen LogP contribution in [0.1, 0.15) is 36.8 Å². The molecule has 2 aliphatic heterocycles. The third-order valence-corrected chi connectivity index (χ3v) is 8.98. The van der Waals surface area contributed by atoms with Crippen molar-refractivity contribution in [3.05, 3.63) is 72.2 Å². The van der Waals surface area contributed by atoms with Gasteiger partial charge in [0.25, 0.3) is 0 Å². The Hall–Kier alpha value is -4.29. The van der Waals surface area contributed by atoms with E-state index in [1.54, 1.807) is 6.20 Å². The molecule has 2 aromatic heterocycles. The number of amides is 3. The summed E-state index contributed by atoms with van der Waals surface area (Å²) in [6, 6.07) is 16.3. The molecule has 0 unspecified atom stereocenters. The minimum Gasteiger partial charge on any atom is -0.361 e. The number of thioether (sulfide) groups is 1. The molecule has 0 bridgehead atoms. The zero-order chi connectivity index (χ0) is 26.8. The van der Waals surface area contributed by atoms with Crippen LogP contribution in [0.4, 0.5) is 10.5 Å². The largest absolute Gasteiger partial charge is 0.361 e. The van der Waals surface area contributed by atoms with E-state index in [-0.39, 0.29) is 24.0 Å². The second-order valence-corrected chi connectivity index (χ2v) is 11.3. The van der Waals surface area contributed by atoms with Crippen molar-refractivity contribution in [2.75, 3.05) is 11.1 Å². The maximum Gasteiger partial charge on any atom is 0.315 e. The molecule has 2 aliphatic rings. The molecule has 6 rings (SSSR count). The predicted octanol–water partition coefficient (Wildman–Crippen LogP) is 5.44. The highest BCUT2D eigenvalue weighted by atomic mass is 32.2. The first kappa shape index (κ1) is 25.0. The van der Waals surface area contributed by atoms with Crippen LogP contribution in [0.25, 0.3) is 33.3 Å². The summed E-state index contributed by atoms with van der Waals surface area (Å²) in [5.74, 6) is 0.917. The van der Waals surface area contributed by atoms with Crippen molar-refractivity contribution in [1.82, 2.24) is 20.6 Å². The molecule has 9 heteroatoms. The molecule has 4 aromatic rings. The maximum absolute atomic E-state index is 12.7. The van der Waals surface area contributed by atoms with E-state index in [0.29, 0.717) is 22.9 Å². The van der Waals surface area contributed by atoms with Gasteiger partial charge in [0, 0.05) is 63.6 Å². The monoisotopic (exact) mass is 536 g/mol. The van der Waals surface area contributed by atoms with Crippen molar-refractivity contribution < 1.29 is 9.59 Å². The van der Waals surface area contributed by atoms with Crippen LogP contribution in [-0.4, -0.2) is 45.0 Å². The van der Waals surface area contributed by atoms with Gasteiger partial charge in [-0.15, -0.1) is 0 Å². The topological polar surface area (TPSA) is 123 Å². The van der Waals surface area contributed by atoms with Crippen LogP contribution in [0, 0.1) is 11.3 Å². The summed E-state index contributed by atoms with van der Waals surface area (Å²) in [7, 11) is 0. The molecular weight excluding hydrogens is 508 g/mol. The van der Waals surface area contributed by atoms with Crippen LogP contribution in [0.2, 0.25) is 0 Å². The highest BCUT2D eigenvalue weighted by Crippen LogP contribution is 2.33. The van der Waals surface area contributed by atoms with E-state index in [1.165, 1.54) is 0 Å². The van der Waals surface area contributed by atoms with E-state index < -0.39 is 0 Å². The number of carbonyl (C=O) groups excluding carboxylic acids is 2. The third kappa shape index (κ3) is 5.20. The Morgan fingerprint density at radius 2 is 2.10 bits per heavy atom. The molecule has 196 valence electrons. The summed E-state index contributed by atoms with van der Waals surface area (Å²) >= 11 is 1.90. The van der Waals surface area contributed by atoms with E-state index in [0.717, 1.165) is 57.8 Å². The quantitative estimate of drug-likeness (QED) is 0.136. The van der Waals surface area contributed by atoms with Gasteiger partial charge in [-0.3, -0.25) is 9.78 Å². The van der Waals surface area contributed by atoms with Crippen LogP contribution in [0.15, 0.2) is 61.1 Å². The molecule has 0 aliphatic carbocycles. The lowest BCUT2D eigenvalue weighted by Crippen LogP contribution is -2.36. The molecule has 4 heterocycles. The van der Waals surface area contributed by atoms with Crippen molar-refractivity contribution in [1.29, 1.82) is 5.26 Å². The lowest BCUT2D eigenvalue weighted by Gasteiger charge is -2.16. The van der Waals surface area contributed by atoms with E-state index in [9.17, 15) is 14.9 Å². The van der Waals surface area contributed by atoms with Gasteiger partial charge in [-0.05, 0) is 54.1 Å². The minimum absolute atomic E-state index is 0.0281. The standard InChI is InChI=1S/C30H28N6O2S/c31-14-20(12-18-4-3-5-19-15-32-11-10-22(18)19)24-16-33-25-9-8-21(13-23(24)25)34-28(37)7-2-1-6-27-29-26(17-39-27)35-30(38)36-29/h3-5,8-13,15-16,26-27,29,33H,1-2,6-7,17H2,(H,34,37)(H2,35,36,38)/b20-12+/t26-,27-,29-/m0/s1. The SMILES string of the molecule is N#C/C(=C\c1cccc2cnccc12)c1c[nH]c2ccc(NC(=O)CCCC[C@@H]3SC[C@@H]4NC(=O)N[C@@H]43)cc12. The summed E-state index contributed by atoms with van der Waals surface area (Å²) in [5.41, 5.74) is 3.87. The number of unbranched alkanes of at least 4 members (excludes halogenated alkanes) is 1. The number of aromatic amines is 1. The van der Waals surface area contributed by atoms with Gasteiger partial charge in [0.05, 0.1) is 23.7 Å². The molecule has 2 fully saturated rings. The number of nitriles is 1. The molecule has 3 amide bonds. The van der Waals surface area contributed by atoms with Gasteiger partial charge in [0.1, 0.15) is 0 Å². The van der Waals surface area contributed by atoms with E-state index in [1.807, 2.05) is 72.7 Å². The fraction of sp³-hybridized carbons (Fsp3) is 0.267. The van der Waals surface area contributed by atoms with Crippen molar-refractivity contribution in [2.24, 2.45) is 0 Å². The number of urea groups is 1. The van der Waals surface area contributed by atoms with Gasteiger partial charge < -0.3 is 20.9 Å². The number of fused-ring (bicyclic) bond motifs is 3. The Morgan fingerprint density at radius 3 is 3.00 bits per heavy atom. The molecule has 2 saturated heterocycles. The average molecular weight is 537 g/mol. The van der Waals surface area contributed by atoms with Crippen molar-refractivity contribution in [3.8, 4) is 6.07 Å². The summed E-state index contributed by atoms with van der Waals surface area (Å²) in [4.78, 5) is 31.7. The third-order valence-electron chi connectivity index (χ3n) is 7.47. The van der Waals surface area contributed by atoms with Crippen molar-refractivity contribution >= 4 is 62.7 Å². The highest BCUT2D eigenvalue weighted by Gasteiger charge is 2.42. The number of pyridine rings is 1. The number of hydrogen-bond acceptors (Lipinski definition) is 5. The Balaban J connectivity index is 1.11. The van der Waals surface area contributed by atoms with E-state index in [4.69, 9.17) is 0 Å². The minimum atomic E-state index is -0.0688. The number of benzene rings is 2. The predicted molar refractivity (Wildman–Crippen MR) is 156 cm³/mol. The summed E-state index contributed by atoms with van der Waals surface area (Å²) in [6.45, 7) is 0. The molecule has 0 spiro atoms. The van der Waals surface area contributed by atoms with Gasteiger partial charge in [0.2, 0.25) is 5.91 Å². The second-order valence-electron chi connectivity index (χ2n) is 9.99. The van der Waals surface area contributed by atoms with Gasteiger partial charge in [-0.1, -0.05) is 24.6 Å². The summed E-state index contributed by atoms with van der Waals surface area (Å²) < 4.78 is 0. The normalized spacial score (nSPS) is 20.4. The number of nitrogens with one attached hydrogen (secondary N) is 4. The molecule has 39 heavy (non-hydrogen) atoms. The Labute approximate surface area is 230 Å². The second kappa shape index (κ2) is 10.8. The average Bonchev–Trinajstić information content (AvgIpc) is 3.64. The van der Waals surface area contributed by atoms with Crippen LogP contribution < -0.4 is 16.0 Å². The first-order valence-electron chi connectivity index (χ1n) is 13.1. The number of H-pyrrole nitrogens is 1. The molecular formula is C30H28N6O2S. The Kier molecular flexibility index (Phi) is 6.95. The van der Waals surface area contributed by atoms with Crippen LogP contribution >= 0.6 is 11.8 Å². The number of carbonyl (C=O) groups is 2. The summed E-state index contributed by atoms with van der Waals surface area (Å²) in [5, 5.41) is 22.4. The fourth-order valence-corrected chi connectivity index (χ4v) is 7.06. The van der Waals surface area contributed by atoms with Gasteiger partial charge in [-0.2, -0.15) is 17.0 Å². The van der Waals surface area contributed by atoms with Crippen LogP contribution in [-0.2, 0) is 4.79 Å². The Bertz CT molecular complexity index is 1630. The van der Waals surface area contributed by atoms with E-state index in [2.05, 4.69) is 32.0 Å². The van der Waals surface area contributed by atoms with Crippen molar-refractivity contribution in [2.45, 2.75) is 43.0 Å². The lowest BCUT2D eigenvalue weighted by molar-refractivity contribution is -0.116. The Morgan fingerprint density at radius 1 is 1.18 bits per heavy atom. The smallest absolute Gasteiger partial charge is 0.315 e. The molecule has 4 N–H and O–H groups in total. The first-order valence-corrected chi connectivity index (χ1v) is 14.2. The van der Waals surface area contributed by atoms with Crippen LogP contribution in [0.5, 0.6) is 0 Å². The molecule has 3 atom stereocenters. The fourth-order valence-electron chi connectivity index (χ4n) is 5.52. The number of nitrogens with zero attached hydrogens (tertiary/aromatic N) is 2. The summed E-state index contributed by atoms with van der Waals surface area (Å²) in [6.07, 6.45) is 10.5. The van der Waals surface area contributed by atoms with E-state index >= 15 is 0 Å². The van der Waals surface area contributed by atoms with Gasteiger partial charge in [-0.25, -0.2) is 4.79 Å². The van der Waals surface area contributed by atoms with Crippen LogP contribution in [0.3, 0.4) is 0 Å². The van der Waals surface area contributed by atoms with Crippen molar-refractivity contribution in [3.63, 3.8) is 0 Å². The molecule has 0 saturated carbocycles. The first-order chi connectivity index (χ1) is 19.1. The molecule has 0 radical (unpaired) electrons. The number of allylic oxidation sites excluding steroid dienone is 1. The van der Waals surface area contributed by atoms with Gasteiger partial charge >= 0.3 is 6.03 Å². The lowest BCUT2D eigenvalue weighted by atomic mass is 10.00. The molecule has 8 nitrogen and oxygen atoms in total. The number of anilines is 1. The number of hydrogen-bond donors (Lipinski definition) is 4. The number of rotatable bonds is 8. The van der Waals surface area contributed by atoms with Gasteiger partial charge in [0.15, 0.2) is 0 Å². The number of aromatic nitrogens is 2. The zero-order valence-electron chi connectivity index (χ0n) is 21.2. The molecule has 2 aromatic carbocycles. The highest BCUT2D eigenvalue weighted by molar-refractivity contribution is 8.00. The zero-order valence-corrected chi connectivity index (χ0v) is 22.1.